The molecule has 1 heterocycles. The fourth-order valence-corrected chi connectivity index (χ4v) is 2.41. The minimum absolute atomic E-state index is 0.0239. The normalized spacial score (nSPS) is 17.9. The van der Waals surface area contributed by atoms with Gasteiger partial charge in [-0.15, -0.1) is 0 Å². The molecule has 0 saturated carbocycles. The highest BCUT2D eigenvalue weighted by molar-refractivity contribution is 6.08. The van der Waals surface area contributed by atoms with Crippen LogP contribution in [0.1, 0.15) is 27.9 Å². The lowest BCUT2D eigenvalue weighted by atomic mass is 10.0. The number of nitrogens with zero attached hydrogens (tertiary/aromatic N) is 1. The van der Waals surface area contributed by atoms with Gasteiger partial charge in [0.25, 0.3) is 6.43 Å². The maximum atomic E-state index is 13.7. The Morgan fingerprint density at radius 2 is 1.58 bits per heavy atom. The number of pyridine rings is 1. The number of ketones is 1. The molecule has 0 aliphatic heterocycles. The van der Waals surface area contributed by atoms with Gasteiger partial charge in [-0.05, 0) is 24.3 Å². The predicted molar refractivity (Wildman–Crippen MR) is 68.9 cm³/mol. The fraction of sp³-hybridized carbons (Fsp3) is 0.200. The van der Waals surface area contributed by atoms with E-state index in [1.165, 1.54) is 24.5 Å². The van der Waals surface area contributed by atoms with Crippen LogP contribution < -0.4 is 4.74 Å². The summed E-state index contributed by atoms with van der Waals surface area (Å²) in [6.07, 6.45) is -0.915. The second kappa shape index (κ2) is 5.22. The summed E-state index contributed by atoms with van der Waals surface area (Å²) >= 11 is 0. The molecule has 0 bridgehead atoms. The molecule has 0 N–H and O–H groups in total. The third kappa shape index (κ3) is 2.15. The number of Topliss-reactive ketones (excluding diaryl/α,β-unsaturated/α-hetero) is 1. The first-order valence-corrected chi connectivity index (χ1v) is 6.51. The summed E-state index contributed by atoms with van der Waals surface area (Å²) in [7, 11) is 0. The van der Waals surface area contributed by atoms with Gasteiger partial charge in [-0.1, -0.05) is 0 Å². The molecule has 0 spiro atoms. The Morgan fingerprint density at radius 1 is 0.958 bits per heavy atom. The van der Waals surface area contributed by atoms with Gasteiger partial charge in [-0.3, -0.25) is 9.78 Å². The highest BCUT2D eigenvalue weighted by Crippen LogP contribution is 2.55. The number of carbonyl (C=O) groups is 1. The topological polar surface area (TPSA) is 39.2 Å². The van der Waals surface area contributed by atoms with Crippen LogP contribution in [0.25, 0.3) is 0 Å². The van der Waals surface area contributed by atoms with E-state index in [2.05, 4.69) is 4.98 Å². The van der Waals surface area contributed by atoms with Gasteiger partial charge in [0.05, 0.1) is 5.56 Å². The van der Waals surface area contributed by atoms with E-state index in [0.717, 1.165) is 0 Å². The van der Waals surface area contributed by atoms with Crippen LogP contribution in [-0.2, 0) is 5.92 Å². The number of benzene rings is 1. The van der Waals surface area contributed by atoms with Gasteiger partial charge >= 0.3 is 11.8 Å². The summed E-state index contributed by atoms with van der Waals surface area (Å²) in [4.78, 5) is 15.3. The SMILES string of the molecule is O=C1c2c(ccc(Oc3ccncc3)c2C(F)F)C(F)(F)C1(F)F. The summed E-state index contributed by atoms with van der Waals surface area (Å²) in [5.41, 5.74) is -4.12. The van der Waals surface area contributed by atoms with Crippen LogP contribution in [0.15, 0.2) is 36.7 Å². The Hall–Kier alpha value is -2.58. The average molecular weight is 347 g/mol. The van der Waals surface area contributed by atoms with E-state index < -0.39 is 46.5 Å². The van der Waals surface area contributed by atoms with E-state index in [-0.39, 0.29) is 5.75 Å². The van der Waals surface area contributed by atoms with Crippen molar-refractivity contribution < 1.29 is 35.9 Å². The highest BCUT2D eigenvalue weighted by atomic mass is 19.3. The zero-order valence-electron chi connectivity index (χ0n) is 11.6. The predicted octanol–water partition coefficient (Wildman–Crippen LogP) is 4.73. The van der Waals surface area contributed by atoms with Gasteiger partial charge in [0.1, 0.15) is 11.5 Å². The largest absolute Gasteiger partial charge is 0.457 e. The molecular formula is C15H7F6NO2. The molecule has 0 amide bonds. The number of halogens is 6. The molecule has 3 rings (SSSR count). The van der Waals surface area contributed by atoms with Crippen molar-refractivity contribution in [2.45, 2.75) is 18.3 Å². The summed E-state index contributed by atoms with van der Waals surface area (Å²) < 4.78 is 86.2. The van der Waals surface area contributed by atoms with Crippen molar-refractivity contribution in [3.8, 4) is 11.5 Å². The molecule has 0 atom stereocenters. The van der Waals surface area contributed by atoms with E-state index >= 15 is 0 Å². The number of hydrogen-bond acceptors (Lipinski definition) is 3. The Morgan fingerprint density at radius 3 is 2.17 bits per heavy atom. The van der Waals surface area contributed by atoms with E-state index in [4.69, 9.17) is 4.74 Å². The minimum atomic E-state index is -5.09. The zero-order chi connectivity index (χ0) is 17.7. The summed E-state index contributed by atoms with van der Waals surface area (Å²) in [6.45, 7) is 0. The van der Waals surface area contributed by atoms with Crippen LogP contribution in [0.5, 0.6) is 11.5 Å². The first-order chi connectivity index (χ1) is 11.2. The van der Waals surface area contributed by atoms with E-state index in [0.29, 0.717) is 12.1 Å². The van der Waals surface area contributed by atoms with Crippen molar-refractivity contribution in [2.24, 2.45) is 0 Å². The first-order valence-electron chi connectivity index (χ1n) is 6.51. The molecule has 24 heavy (non-hydrogen) atoms. The van der Waals surface area contributed by atoms with Crippen LogP contribution >= 0.6 is 0 Å². The third-order valence-corrected chi connectivity index (χ3v) is 3.55. The quantitative estimate of drug-likeness (QED) is 0.753. The van der Waals surface area contributed by atoms with Gasteiger partial charge in [-0.25, -0.2) is 8.78 Å². The molecule has 1 aromatic carbocycles. The minimum Gasteiger partial charge on any atom is -0.457 e. The Labute approximate surface area is 130 Å². The van der Waals surface area contributed by atoms with Gasteiger partial charge < -0.3 is 4.74 Å². The number of alkyl halides is 6. The van der Waals surface area contributed by atoms with Crippen LogP contribution in [0.3, 0.4) is 0 Å². The molecule has 1 aliphatic rings. The molecule has 2 aromatic rings. The first kappa shape index (κ1) is 16.3. The molecule has 126 valence electrons. The van der Waals surface area contributed by atoms with Crippen molar-refractivity contribution in [1.82, 2.24) is 4.98 Å². The second-order valence-electron chi connectivity index (χ2n) is 4.96. The third-order valence-electron chi connectivity index (χ3n) is 3.55. The van der Waals surface area contributed by atoms with E-state index in [1.54, 1.807) is 0 Å². The van der Waals surface area contributed by atoms with Crippen LogP contribution in [0, 0.1) is 0 Å². The van der Waals surface area contributed by atoms with Gasteiger partial charge in [0, 0.05) is 23.5 Å². The molecule has 3 nitrogen and oxygen atoms in total. The van der Waals surface area contributed by atoms with Gasteiger partial charge in [0.2, 0.25) is 5.78 Å². The molecule has 0 fully saturated rings. The summed E-state index contributed by atoms with van der Waals surface area (Å²) in [6, 6.07) is 3.78. The standard InChI is InChI=1S/C15H7F6NO2/c16-13(17)11-9(24-7-3-5-22-6-4-7)2-1-8-10(11)12(23)15(20,21)14(8,18)19/h1-6,13H. The number of carbonyl (C=O) groups excluding carboxylic acids is 1. The molecule has 1 aliphatic carbocycles. The van der Waals surface area contributed by atoms with Crippen LogP contribution in [-0.4, -0.2) is 16.7 Å². The zero-order valence-corrected chi connectivity index (χ0v) is 11.6. The smallest absolute Gasteiger partial charge is 0.376 e. The molecular weight excluding hydrogens is 340 g/mol. The number of rotatable bonds is 3. The number of fused-ring (bicyclic) bond motifs is 1. The van der Waals surface area contributed by atoms with E-state index in [9.17, 15) is 31.1 Å². The summed E-state index contributed by atoms with van der Waals surface area (Å²) in [5.74, 6) is -12.9. The monoisotopic (exact) mass is 347 g/mol. The highest BCUT2D eigenvalue weighted by Gasteiger charge is 2.70. The van der Waals surface area contributed by atoms with Crippen molar-refractivity contribution in [2.75, 3.05) is 0 Å². The average Bonchev–Trinajstić information content (AvgIpc) is 2.66. The fourth-order valence-electron chi connectivity index (χ4n) is 2.41. The Bertz CT molecular complexity index is 807. The molecule has 0 unspecified atom stereocenters. The molecule has 0 radical (unpaired) electrons. The molecule has 1 aromatic heterocycles. The second-order valence-corrected chi connectivity index (χ2v) is 4.96. The van der Waals surface area contributed by atoms with Crippen molar-refractivity contribution in [1.29, 1.82) is 0 Å². The van der Waals surface area contributed by atoms with Crippen molar-refractivity contribution >= 4 is 5.78 Å². The van der Waals surface area contributed by atoms with Gasteiger partial charge in [0.15, 0.2) is 0 Å². The number of ether oxygens (including phenoxy) is 1. The van der Waals surface area contributed by atoms with Crippen LogP contribution in [0.2, 0.25) is 0 Å². The lowest BCUT2D eigenvalue weighted by molar-refractivity contribution is -0.176. The number of hydrogen-bond donors (Lipinski definition) is 0. The maximum Gasteiger partial charge on any atom is 0.376 e. The lowest BCUT2D eigenvalue weighted by Crippen LogP contribution is -2.38. The maximum absolute atomic E-state index is 13.7. The molecule has 9 heteroatoms. The Kier molecular flexibility index (Phi) is 3.54. The van der Waals surface area contributed by atoms with Crippen LogP contribution in [0.4, 0.5) is 26.3 Å². The Balaban J connectivity index is 2.20. The van der Waals surface area contributed by atoms with Crippen molar-refractivity contribution in [3.05, 3.63) is 53.3 Å². The van der Waals surface area contributed by atoms with Gasteiger partial charge in [-0.2, -0.15) is 17.6 Å². The number of aromatic nitrogens is 1. The van der Waals surface area contributed by atoms with E-state index in [1.807, 2.05) is 0 Å². The van der Waals surface area contributed by atoms with Crippen molar-refractivity contribution in [3.63, 3.8) is 0 Å². The summed E-state index contributed by atoms with van der Waals surface area (Å²) in [5, 5.41) is 0. The molecule has 0 saturated heterocycles. The lowest BCUT2D eigenvalue weighted by Gasteiger charge is -2.17.